The molecule has 33 heavy (non-hydrogen) atoms. The highest BCUT2D eigenvalue weighted by molar-refractivity contribution is 6.03. The van der Waals surface area contributed by atoms with Crippen molar-refractivity contribution < 1.29 is 13.6 Å². The van der Waals surface area contributed by atoms with Crippen LogP contribution in [0.5, 0.6) is 0 Å². The minimum Gasteiger partial charge on any atom is -0.320 e. The monoisotopic (exact) mass is 442 g/mol. The third-order valence-corrected chi connectivity index (χ3v) is 4.98. The van der Waals surface area contributed by atoms with Crippen molar-refractivity contribution in [3.05, 3.63) is 96.1 Å². The summed E-state index contributed by atoms with van der Waals surface area (Å²) in [6.45, 7) is 1.86. The van der Waals surface area contributed by atoms with Gasteiger partial charge in [0.15, 0.2) is 23.1 Å². The van der Waals surface area contributed by atoms with Crippen molar-refractivity contribution in [3.8, 4) is 17.1 Å². The Hall–Kier alpha value is -4.53. The van der Waals surface area contributed by atoms with Crippen molar-refractivity contribution in [2.24, 2.45) is 0 Å². The highest BCUT2D eigenvalue weighted by Crippen LogP contribution is 2.26. The summed E-state index contributed by atoms with van der Waals surface area (Å²) in [7, 11) is 0. The number of pyridine rings is 1. The highest BCUT2D eigenvalue weighted by atomic mass is 19.2. The summed E-state index contributed by atoms with van der Waals surface area (Å²) < 4.78 is 28.3. The Balaban J connectivity index is 1.59. The molecule has 5 rings (SSSR count). The van der Waals surface area contributed by atoms with Gasteiger partial charge < -0.3 is 5.32 Å². The van der Waals surface area contributed by atoms with E-state index in [0.29, 0.717) is 17.0 Å². The number of hydrogen-bond acceptors (Lipinski definition) is 5. The summed E-state index contributed by atoms with van der Waals surface area (Å²) in [5, 5.41) is 7.00. The van der Waals surface area contributed by atoms with E-state index in [9.17, 15) is 13.6 Å². The molecule has 1 N–H and O–H groups in total. The largest absolute Gasteiger partial charge is 0.320 e. The molecule has 0 spiro atoms. The Kier molecular flexibility index (Phi) is 5.06. The molecule has 0 bridgehead atoms. The smallest absolute Gasteiger partial charge is 0.276 e. The number of carbonyl (C=O) groups is 1. The lowest BCUT2D eigenvalue weighted by atomic mass is 10.1. The molecule has 3 aromatic heterocycles. The number of nitrogens with zero attached hydrogens (tertiary/aromatic N) is 5. The maximum atomic E-state index is 13.5. The second-order valence-corrected chi connectivity index (χ2v) is 7.31. The van der Waals surface area contributed by atoms with Crippen molar-refractivity contribution in [1.29, 1.82) is 0 Å². The molecule has 0 radical (unpaired) electrons. The predicted molar refractivity (Wildman–Crippen MR) is 119 cm³/mol. The molecule has 2 aromatic carbocycles. The highest BCUT2D eigenvalue weighted by Gasteiger charge is 2.19. The quantitative estimate of drug-likeness (QED) is 0.435. The molecule has 0 saturated carbocycles. The molecule has 1 amide bonds. The van der Waals surface area contributed by atoms with Crippen LogP contribution in [0.3, 0.4) is 0 Å². The fourth-order valence-corrected chi connectivity index (χ4v) is 3.41. The SMILES string of the molecule is Cc1cccc(-n2nc(C(=O)Nc3ccc(F)c(F)c3)cc2-c2ccc3nccnc3c2)n1. The van der Waals surface area contributed by atoms with E-state index in [1.807, 2.05) is 37.3 Å². The number of hydrogen-bond donors (Lipinski definition) is 1. The first-order valence-corrected chi connectivity index (χ1v) is 9.99. The second kappa shape index (κ2) is 8.19. The zero-order valence-corrected chi connectivity index (χ0v) is 17.3. The number of amides is 1. The third kappa shape index (κ3) is 4.03. The number of fused-ring (bicyclic) bond motifs is 1. The molecule has 0 saturated heterocycles. The minimum absolute atomic E-state index is 0.0808. The van der Waals surface area contributed by atoms with Gasteiger partial charge in [-0.3, -0.25) is 14.8 Å². The van der Waals surface area contributed by atoms with Crippen molar-refractivity contribution in [1.82, 2.24) is 24.7 Å². The van der Waals surface area contributed by atoms with Crippen LogP contribution in [0.4, 0.5) is 14.5 Å². The normalized spacial score (nSPS) is 11.0. The van der Waals surface area contributed by atoms with Gasteiger partial charge in [0.1, 0.15) is 0 Å². The van der Waals surface area contributed by atoms with Crippen LogP contribution in [-0.2, 0) is 0 Å². The van der Waals surface area contributed by atoms with E-state index in [1.54, 1.807) is 29.2 Å². The molecule has 7 nitrogen and oxygen atoms in total. The van der Waals surface area contributed by atoms with Gasteiger partial charge in [-0.15, -0.1) is 0 Å². The van der Waals surface area contributed by atoms with Gasteiger partial charge in [-0.05, 0) is 49.4 Å². The standard InChI is InChI=1S/C24H16F2N6O/c1-14-3-2-4-23(29-14)32-22(15-5-8-19-20(11-15)28-10-9-27-19)13-21(31-32)24(33)30-16-6-7-17(25)18(26)12-16/h2-13H,1H3,(H,30,33). The molecule has 162 valence electrons. The fourth-order valence-electron chi connectivity index (χ4n) is 3.41. The lowest BCUT2D eigenvalue weighted by Crippen LogP contribution is -2.13. The average molecular weight is 442 g/mol. The molecule has 9 heteroatoms. The molecule has 0 aliphatic heterocycles. The van der Waals surface area contributed by atoms with Crippen LogP contribution in [-0.4, -0.2) is 30.6 Å². The topological polar surface area (TPSA) is 85.6 Å². The molecule has 3 heterocycles. The summed E-state index contributed by atoms with van der Waals surface area (Å²) in [5.74, 6) is -2.10. The van der Waals surface area contributed by atoms with Gasteiger partial charge in [0, 0.05) is 35.4 Å². The Bertz CT molecular complexity index is 1510. The summed E-state index contributed by atoms with van der Waals surface area (Å²) in [4.78, 5) is 26.0. The summed E-state index contributed by atoms with van der Waals surface area (Å²) in [6, 6.07) is 15.8. The number of rotatable bonds is 4. The van der Waals surface area contributed by atoms with Crippen LogP contribution in [0.25, 0.3) is 28.1 Å². The van der Waals surface area contributed by atoms with Gasteiger partial charge in [-0.1, -0.05) is 12.1 Å². The van der Waals surface area contributed by atoms with Gasteiger partial charge in [0.25, 0.3) is 5.91 Å². The number of aromatic nitrogens is 5. The Morgan fingerprint density at radius 3 is 2.52 bits per heavy atom. The first-order valence-electron chi connectivity index (χ1n) is 9.99. The zero-order chi connectivity index (χ0) is 22.9. The Morgan fingerprint density at radius 1 is 0.909 bits per heavy atom. The predicted octanol–water partition coefficient (Wildman–Crippen LogP) is 4.72. The second-order valence-electron chi connectivity index (χ2n) is 7.31. The number of halogens is 2. The van der Waals surface area contributed by atoms with Crippen LogP contribution in [0.15, 0.2) is 73.1 Å². The van der Waals surface area contributed by atoms with Gasteiger partial charge in [-0.2, -0.15) is 5.10 Å². The first-order chi connectivity index (χ1) is 16.0. The van der Waals surface area contributed by atoms with Crippen molar-refractivity contribution in [3.63, 3.8) is 0 Å². The van der Waals surface area contributed by atoms with Crippen LogP contribution in [0.1, 0.15) is 16.2 Å². The zero-order valence-electron chi connectivity index (χ0n) is 17.3. The van der Waals surface area contributed by atoms with Crippen LogP contribution >= 0.6 is 0 Å². The van der Waals surface area contributed by atoms with E-state index in [2.05, 4.69) is 25.4 Å². The van der Waals surface area contributed by atoms with E-state index in [4.69, 9.17) is 0 Å². The van der Waals surface area contributed by atoms with Crippen molar-refractivity contribution in [2.75, 3.05) is 5.32 Å². The lowest BCUT2D eigenvalue weighted by Gasteiger charge is -2.08. The summed E-state index contributed by atoms with van der Waals surface area (Å²) in [6.07, 6.45) is 3.22. The van der Waals surface area contributed by atoms with Gasteiger partial charge >= 0.3 is 0 Å². The van der Waals surface area contributed by atoms with Crippen LogP contribution in [0.2, 0.25) is 0 Å². The number of benzene rings is 2. The maximum absolute atomic E-state index is 13.5. The summed E-state index contributed by atoms with van der Waals surface area (Å²) >= 11 is 0. The van der Waals surface area contributed by atoms with Gasteiger partial charge in [-0.25, -0.2) is 18.4 Å². The summed E-state index contributed by atoms with van der Waals surface area (Å²) in [5.41, 5.74) is 3.76. The maximum Gasteiger partial charge on any atom is 0.276 e. The number of carbonyl (C=O) groups excluding carboxylic acids is 1. The van der Waals surface area contributed by atoms with E-state index < -0.39 is 17.5 Å². The van der Waals surface area contributed by atoms with E-state index in [1.165, 1.54) is 6.07 Å². The van der Waals surface area contributed by atoms with E-state index in [0.717, 1.165) is 28.9 Å². The third-order valence-electron chi connectivity index (χ3n) is 4.98. The minimum atomic E-state index is -1.06. The molecular formula is C24H16F2N6O. The van der Waals surface area contributed by atoms with Gasteiger partial charge in [0.05, 0.1) is 16.7 Å². The van der Waals surface area contributed by atoms with E-state index >= 15 is 0 Å². The molecule has 0 atom stereocenters. The molecule has 0 unspecified atom stereocenters. The fraction of sp³-hybridized carbons (Fsp3) is 0.0417. The molecule has 0 aliphatic carbocycles. The number of anilines is 1. The molecule has 0 fully saturated rings. The van der Waals surface area contributed by atoms with Gasteiger partial charge in [0.2, 0.25) is 0 Å². The van der Waals surface area contributed by atoms with Crippen LogP contribution < -0.4 is 5.32 Å². The van der Waals surface area contributed by atoms with Crippen molar-refractivity contribution >= 4 is 22.6 Å². The average Bonchev–Trinajstić information content (AvgIpc) is 3.27. The first kappa shape index (κ1) is 20.4. The molecule has 5 aromatic rings. The molecular weight excluding hydrogens is 426 g/mol. The molecule has 0 aliphatic rings. The Labute approximate surface area is 186 Å². The van der Waals surface area contributed by atoms with Crippen LogP contribution in [0, 0.1) is 18.6 Å². The van der Waals surface area contributed by atoms with Crippen molar-refractivity contribution in [2.45, 2.75) is 6.92 Å². The number of nitrogens with one attached hydrogen (secondary N) is 1. The number of aryl methyl sites for hydroxylation is 1. The van der Waals surface area contributed by atoms with E-state index in [-0.39, 0.29) is 11.4 Å². The Morgan fingerprint density at radius 2 is 1.73 bits per heavy atom. The lowest BCUT2D eigenvalue weighted by molar-refractivity contribution is 0.102.